The highest BCUT2D eigenvalue weighted by Gasteiger charge is 2.19. The minimum absolute atomic E-state index is 0.617. The van der Waals surface area contributed by atoms with Crippen molar-refractivity contribution in [2.75, 3.05) is 18.0 Å². The Balaban J connectivity index is 1.47. The number of anilines is 1. The zero-order chi connectivity index (χ0) is 14.5. The molecule has 1 aliphatic rings. The first-order valence-corrected chi connectivity index (χ1v) is 7.76. The van der Waals surface area contributed by atoms with Crippen LogP contribution in [-0.2, 0) is 6.54 Å². The van der Waals surface area contributed by atoms with Crippen molar-refractivity contribution in [3.8, 4) is 0 Å². The Morgan fingerprint density at radius 1 is 1.10 bits per heavy atom. The van der Waals surface area contributed by atoms with Crippen LogP contribution in [0.1, 0.15) is 24.0 Å². The predicted octanol–water partition coefficient (Wildman–Crippen LogP) is 3.15. The van der Waals surface area contributed by atoms with E-state index in [0.717, 1.165) is 25.5 Å². The third kappa shape index (κ3) is 3.82. The summed E-state index contributed by atoms with van der Waals surface area (Å²) >= 11 is 0. The highest BCUT2D eigenvalue weighted by Crippen LogP contribution is 2.17. The molecular weight excluding hydrogens is 258 g/mol. The second-order valence-corrected chi connectivity index (χ2v) is 5.82. The van der Waals surface area contributed by atoms with Crippen LogP contribution in [0.5, 0.6) is 0 Å². The summed E-state index contributed by atoms with van der Waals surface area (Å²) in [5.74, 6) is 1.11. The number of hydrogen-bond donors (Lipinski definition) is 1. The molecule has 3 rings (SSSR count). The molecule has 2 heterocycles. The Kier molecular flexibility index (Phi) is 4.51. The molecule has 1 fully saturated rings. The summed E-state index contributed by atoms with van der Waals surface area (Å²) < 4.78 is 0. The summed E-state index contributed by atoms with van der Waals surface area (Å²) in [5.41, 5.74) is 2.69. The molecule has 0 bridgehead atoms. The van der Waals surface area contributed by atoms with E-state index < -0.39 is 0 Å². The maximum atomic E-state index is 4.43. The molecule has 1 saturated heterocycles. The van der Waals surface area contributed by atoms with Gasteiger partial charge in [-0.25, -0.2) is 4.98 Å². The molecule has 3 heteroatoms. The van der Waals surface area contributed by atoms with Gasteiger partial charge in [0.25, 0.3) is 0 Å². The van der Waals surface area contributed by atoms with Gasteiger partial charge >= 0.3 is 0 Å². The Morgan fingerprint density at radius 2 is 1.86 bits per heavy atom. The largest absolute Gasteiger partial charge is 0.357 e. The third-order valence-corrected chi connectivity index (χ3v) is 4.18. The van der Waals surface area contributed by atoms with Gasteiger partial charge in [0.05, 0.1) is 0 Å². The lowest BCUT2D eigenvalue weighted by molar-refractivity contribution is 0.413. The molecular formula is C18H23N3. The van der Waals surface area contributed by atoms with Gasteiger partial charge in [-0.1, -0.05) is 35.9 Å². The summed E-state index contributed by atoms with van der Waals surface area (Å²) in [4.78, 5) is 6.81. The van der Waals surface area contributed by atoms with E-state index in [1.807, 2.05) is 12.3 Å². The van der Waals surface area contributed by atoms with Gasteiger partial charge in [0.2, 0.25) is 0 Å². The number of rotatable bonds is 4. The lowest BCUT2D eigenvalue weighted by Gasteiger charge is -2.33. The summed E-state index contributed by atoms with van der Waals surface area (Å²) in [6.07, 6.45) is 4.24. The molecule has 0 spiro atoms. The van der Waals surface area contributed by atoms with Crippen molar-refractivity contribution in [1.29, 1.82) is 0 Å². The number of aryl methyl sites for hydroxylation is 1. The highest BCUT2D eigenvalue weighted by molar-refractivity contribution is 5.38. The summed E-state index contributed by atoms with van der Waals surface area (Å²) in [6.45, 7) is 5.27. The summed E-state index contributed by atoms with van der Waals surface area (Å²) in [5, 5.41) is 3.68. The molecule has 1 aromatic heterocycles. The molecule has 0 amide bonds. The van der Waals surface area contributed by atoms with Crippen LogP contribution in [-0.4, -0.2) is 24.1 Å². The molecule has 1 N–H and O–H groups in total. The van der Waals surface area contributed by atoms with E-state index in [-0.39, 0.29) is 0 Å². The molecule has 3 nitrogen and oxygen atoms in total. The molecule has 2 aromatic rings. The van der Waals surface area contributed by atoms with Gasteiger partial charge in [0.1, 0.15) is 5.82 Å². The van der Waals surface area contributed by atoms with Gasteiger partial charge < -0.3 is 10.2 Å². The minimum Gasteiger partial charge on any atom is -0.357 e. The van der Waals surface area contributed by atoms with Crippen molar-refractivity contribution in [1.82, 2.24) is 10.3 Å². The van der Waals surface area contributed by atoms with Crippen LogP contribution in [0.25, 0.3) is 0 Å². The molecule has 110 valence electrons. The molecule has 21 heavy (non-hydrogen) atoms. The molecule has 1 aliphatic heterocycles. The zero-order valence-corrected chi connectivity index (χ0v) is 12.6. The topological polar surface area (TPSA) is 28.2 Å². The van der Waals surface area contributed by atoms with Crippen LogP contribution < -0.4 is 10.2 Å². The van der Waals surface area contributed by atoms with Crippen LogP contribution in [0, 0.1) is 6.92 Å². The smallest absolute Gasteiger partial charge is 0.128 e. The number of pyridine rings is 1. The monoisotopic (exact) mass is 281 g/mol. The maximum Gasteiger partial charge on any atom is 0.128 e. The van der Waals surface area contributed by atoms with E-state index in [4.69, 9.17) is 0 Å². The lowest BCUT2D eigenvalue weighted by atomic mass is 10.0. The maximum absolute atomic E-state index is 4.43. The van der Waals surface area contributed by atoms with Crippen LogP contribution in [0.4, 0.5) is 5.82 Å². The Bertz CT molecular complexity index is 542. The van der Waals surface area contributed by atoms with Crippen molar-refractivity contribution in [3.05, 3.63) is 59.8 Å². The Hall–Kier alpha value is -1.87. The average molecular weight is 281 g/mol. The van der Waals surface area contributed by atoms with E-state index in [9.17, 15) is 0 Å². The van der Waals surface area contributed by atoms with Crippen molar-refractivity contribution >= 4 is 5.82 Å². The standard InChI is InChI=1S/C18H23N3/c1-15-5-7-16(8-6-15)14-20-17-9-12-21(13-10-17)18-4-2-3-11-19-18/h2-8,11,17,20H,9-10,12-14H2,1H3. The van der Waals surface area contributed by atoms with Crippen LogP contribution in [0.3, 0.4) is 0 Å². The second-order valence-electron chi connectivity index (χ2n) is 5.82. The predicted molar refractivity (Wildman–Crippen MR) is 87.5 cm³/mol. The average Bonchev–Trinajstić information content (AvgIpc) is 2.56. The quantitative estimate of drug-likeness (QED) is 0.933. The molecule has 0 aliphatic carbocycles. The first-order valence-electron chi connectivity index (χ1n) is 7.76. The highest BCUT2D eigenvalue weighted by atomic mass is 15.2. The minimum atomic E-state index is 0.617. The molecule has 0 unspecified atom stereocenters. The number of hydrogen-bond acceptors (Lipinski definition) is 3. The van der Waals surface area contributed by atoms with Crippen LogP contribution in [0.15, 0.2) is 48.7 Å². The number of aromatic nitrogens is 1. The SMILES string of the molecule is Cc1ccc(CNC2CCN(c3ccccn3)CC2)cc1. The van der Waals surface area contributed by atoms with Crippen molar-refractivity contribution < 1.29 is 0 Å². The first kappa shape index (κ1) is 14.1. The van der Waals surface area contributed by atoms with Crippen LogP contribution >= 0.6 is 0 Å². The number of nitrogens with one attached hydrogen (secondary N) is 1. The van der Waals surface area contributed by atoms with E-state index in [1.54, 1.807) is 0 Å². The molecule has 0 saturated carbocycles. The summed E-state index contributed by atoms with van der Waals surface area (Å²) in [6, 6.07) is 15.5. The van der Waals surface area contributed by atoms with Gasteiger partial charge in [-0.2, -0.15) is 0 Å². The number of benzene rings is 1. The second kappa shape index (κ2) is 6.72. The van der Waals surface area contributed by atoms with Gasteiger partial charge in [-0.15, -0.1) is 0 Å². The first-order chi connectivity index (χ1) is 10.3. The number of nitrogens with zero attached hydrogens (tertiary/aromatic N) is 2. The number of piperidine rings is 1. The van der Waals surface area contributed by atoms with Gasteiger partial charge in [-0.3, -0.25) is 0 Å². The normalized spacial score (nSPS) is 16.1. The fraction of sp³-hybridized carbons (Fsp3) is 0.389. The van der Waals surface area contributed by atoms with Gasteiger partial charge in [-0.05, 0) is 37.5 Å². The van der Waals surface area contributed by atoms with Gasteiger partial charge in [0.15, 0.2) is 0 Å². The molecule has 0 atom stereocenters. The third-order valence-electron chi connectivity index (χ3n) is 4.18. The van der Waals surface area contributed by atoms with Crippen LogP contribution in [0.2, 0.25) is 0 Å². The zero-order valence-electron chi connectivity index (χ0n) is 12.6. The summed E-state index contributed by atoms with van der Waals surface area (Å²) in [7, 11) is 0. The Morgan fingerprint density at radius 3 is 2.52 bits per heavy atom. The van der Waals surface area contributed by atoms with Crippen molar-refractivity contribution in [2.45, 2.75) is 32.4 Å². The van der Waals surface area contributed by atoms with Crippen molar-refractivity contribution in [2.24, 2.45) is 0 Å². The van der Waals surface area contributed by atoms with Crippen molar-refractivity contribution in [3.63, 3.8) is 0 Å². The Labute approximate surface area is 127 Å². The fourth-order valence-electron chi connectivity index (χ4n) is 2.82. The van der Waals surface area contributed by atoms with Gasteiger partial charge in [0, 0.05) is 31.9 Å². The van der Waals surface area contributed by atoms with E-state index in [0.29, 0.717) is 6.04 Å². The van der Waals surface area contributed by atoms with E-state index in [2.05, 4.69) is 58.5 Å². The fourth-order valence-corrected chi connectivity index (χ4v) is 2.82. The lowest BCUT2D eigenvalue weighted by Crippen LogP contribution is -2.42. The molecule has 0 radical (unpaired) electrons. The van der Waals surface area contributed by atoms with E-state index >= 15 is 0 Å². The molecule has 1 aromatic carbocycles. The van der Waals surface area contributed by atoms with E-state index in [1.165, 1.54) is 24.0 Å².